The number of para-hydroxylation sites is 1. The van der Waals surface area contributed by atoms with E-state index in [1.165, 1.54) is 12.1 Å². The number of methoxy groups -OCH3 is 1. The molecule has 0 saturated heterocycles. The molecule has 0 radical (unpaired) electrons. The van der Waals surface area contributed by atoms with E-state index in [2.05, 4.69) is 10.5 Å². The second kappa shape index (κ2) is 9.04. The fourth-order valence-corrected chi connectivity index (χ4v) is 3.36. The summed E-state index contributed by atoms with van der Waals surface area (Å²) >= 11 is 0. The zero-order valence-corrected chi connectivity index (χ0v) is 17.4. The SMILES string of the molecule is COc1c(ONC(=O)C2CCC2)cccc1-c1ccc(Oc2ccc(F)cn2)c(C)c1. The normalized spacial score (nSPS) is 13.3. The first-order valence-electron chi connectivity index (χ1n) is 10.1. The lowest BCUT2D eigenvalue weighted by atomic mass is 9.85. The zero-order chi connectivity index (χ0) is 21.8. The van der Waals surface area contributed by atoms with Gasteiger partial charge in [0.05, 0.1) is 13.3 Å². The van der Waals surface area contributed by atoms with Gasteiger partial charge in [0.2, 0.25) is 5.88 Å². The van der Waals surface area contributed by atoms with Crippen LogP contribution in [0, 0.1) is 18.7 Å². The number of aromatic nitrogens is 1. The maximum absolute atomic E-state index is 13.0. The zero-order valence-electron chi connectivity index (χ0n) is 17.4. The van der Waals surface area contributed by atoms with E-state index in [4.69, 9.17) is 14.3 Å². The minimum Gasteiger partial charge on any atom is -0.492 e. The van der Waals surface area contributed by atoms with Gasteiger partial charge in [-0.15, -0.1) is 0 Å². The number of benzene rings is 2. The highest BCUT2D eigenvalue weighted by molar-refractivity contribution is 5.79. The summed E-state index contributed by atoms with van der Waals surface area (Å²) in [5, 5.41) is 0. The van der Waals surface area contributed by atoms with Gasteiger partial charge in [-0.25, -0.2) is 9.37 Å². The van der Waals surface area contributed by atoms with Crippen molar-refractivity contribution in [3.05, 3.63) is 66.1 Å². The third-order valence-corrected chi connectivity index (χ3v) is 5.32. The number of carbonyl (C=O) groups excluding carboxylic acids is 1. The standard InChI is InChI=1S/C24H23FN2O4/c1-15-13-17(9-11-20(15)30-22-12-10-18(25)14-26-22)19-7-4-8-21(23(19)29-2)31-27-24(28)16-5-3-6-16/h4,7-14,16H,3,5-6H2,1-2H3,(H,27,28). The summed E-state index contributed by atoms with van der Waals surface area (Å²) in [7, 11) is 1.56. The highest BCUT2D eigenvalue weighted by Gasteiger charge is 2.26. The number of hydrogen-bond acceptors (Lipinski definition) is 5. The smallest absolute Gasteiger partial charge is 0.255 e. The molecule has 1 heterocycles. The molecule has 7 heteroatoms. The molecule has 0 spiro atoms. The lowest BCUT2D eigenvalue weighted by Crippen LogP contribution is -2.36. The van der Waals surface area contributed by atoms with E-state index in [-0.39, 0.29) is 11.8 Å². The van der Waals surface area contributed by atoms with Crippen molar-refractivity contribution in [3.8, 4) is 34.3 Å². The van der Waals surface area contributed by atoms with Crippen LogP contribution in [0.3, 0.4) is 0 Å². The quantitative estimate of drug-likeness (QED) is 0.530. The highest BCUT2D eigenvalue weighted by Crippen LogP contribution is 2.39. The molecule has 1 saturated carbocycles. The van der Waals surface area contributed by atoms with Gasteiger partial charge >= 0.3 is 0 Å². The first kappa shape index (κ1) is 20.7. The Labute approximate surface area is 179 Å². The Bertz CT molecular complexity index is 1080. The molecule has 160 valence electrons. The molecule has 3 aromatic rings. The van der Waals surface area contributed by atoms with Crippen LogP contribution in [0.25, 0.3) is 11.1 Å². The number of hydroxylamine groups is 1. The molecule has 1 aliphatic rings. The Morgan fingerprint density at radius 1 is 1.13 bits per heavy atom. The minimum absolute atomic E-state index is 0.0277. The third-order valence-electron chi connectivity index (χ3n) is 5.32. The predicted molar refractivity (Wildman–Crippen MR) is 114 cm³/mol. The Balaban J connectivity index is 1.54. The van der Waals surface area contributed by atoms with Gasteiger partial charge in [-0.2, -0.15) is 5.48 Å². The largest absolute Gasteiger partial charge is 0.492 e. The second-order valence-electron chi connectivity index (χ2n) is 7.43. The number of rotatable bonds is 7. The van der Waals surface area contributed by atoms with E-state index in [0.29, 0.717) is 23.1 Å². The molecule has 1 aliphatic carbocycles. The van der Waals surface area contributed by atoms with E-state index in [0.717, 1.165) is 42.1 Å². The van der Waals surface area contributed by atoms with Crippen molar-refractivity contribution in [1.29, 1.82) is 0 Å². The number of ether oxygens (including phenoxy) is 2. The number of pyridine rings is 1. The monoisotopic (exact) mass is 422 g/mol. The number of nitrogens with zero attached hydrogens (tertiary/aromatic N) is 1. The molecular formula is C24H23FN2O4. The maximum atomic E-state index is 13.0. The molecule has 1 fully saturated rings. The average Bonchev–Trinajstić information content (AvgIpc) is 2.73. The topological polar surface area (TPSA) is 69.7 Å². The van der Waals surface area contributed by atoms with Crippen molar-refractivity contribution in [2.75, 3.05) is 7.11 Å². The summed E-state index contributed by atoms with van der Waals surface area (Å²) in [5.74, 6) is 1.38. The number of halogens is 1. The summed E-state index contributed by atoms with van der Waals surface area (Å²) in [6, 6.07) is 13.9. The molecule has 0 aliphatic heterocycles. The van der Waals surface area contributed by atoms with Gasteiger partial charge in [-0.3, -0.25) is 4.79 Å². The van der Waals surface area contributed by atoms with E-state index < -0.39 is 5.82 Å². The summed E-state index contributed by atoms with van der Waals surface area (Å²) in [4.78, 5) is 21.6. The van der Waals surface area contributed by atoms with Crippen molar-refractivity contribution in [2.24, 2.45) is 5.92 Å². The minimum atomic E-state index is -0.419. The molecule has 0 unspecified atom stereocenters. The van der Waals surface area contributed by atoms with Crippen LogP contribution in [0.2, 0.25) is 0 Å². The summed E-state index contributed by atoms with van der Waals surface area (Å²) < 4.78 is 24.4. The van der Waals surface area contributed by atoms with Crippen molar-refractivity contribution in [3.63, 3.8) is 0 Å². The molecule has 2 aromatic carbocycles. The number of hydrogen-bond donors (Lipinski definition) is 1. The van der Waals surface area contributed by atoms with Crippen molar-refractivity contribution >= 4 is 5.91 Å². The average molecular weight is 422 g/mol. The molecule has 0 atom stereocenters. The number of aryl methyl sites for hydroxylation is 1. The van der Waals surface area contributed by atoms with Crippen LogP contribution in [0.5, 0.6) is 23.1 Å². The Morgan fingerprint density at radius 2 is 1.97 bits per heavy atom. The van der Waals surface area contributed by atoms with Crippen LogP contribution in [-0.4, -0.2) is 18.0 Å². The lowest BCUT2D eigenvalue weighted by Gasteiger charge is -2.24. The molecular weight excluding hydrogens is 399 g/mol. The Morgan fingerprint density at radius 3 is 2.61 bits per heavy atom. The van der Waals surface area contributed by atoms with Crippen molar-refractivity contribution in [1.82, 2.24) is 10.5 Å². The van der Waals surface area contributed by atoms with Crippen molar-refractivity contribution < 1.29 is 23.5 Å². The highest BCUT2D eigenvalue weighted by atomic mass is 19.1. The fraction of sp³-hybridized carbons (Fsp3) is 0.250. The van der Waals surface area contributed by atoms with Crippen molar-refractivity contribution in [2.45, 2.75) is 26.2 Å². The molecule has 31 heavy (non-hydrogen) atoms. The molecule has 1 aromatic heterocycles. The van der Waals surface area contributed by atoms with Crippen LogP contribution in [0.4, 0.5) is 4.39 Å². The Kier molecular flexibility index (Phi) is 6.02. The Hall–Kier alpha value is -3.61. The second-order valence-corrected chi connectivity index (χ2v) is 7.43. The van der Waals surface area contributed by atoms with Crippen LogP contribution in [-0.2, 0) is 4.79 Å². The first-order valence-corrected chi connectivity index (χ1v) is 10.1. The number of nitrogens with one attached hydrogen (secondary N) is 1. The van der Waals surface area contributed by atoms with Crippen LogP contribution in [0.1, 0.15) is 24.8 Å². The fourth-order valence-electron chi connectivity index (χ4n) is 3.36. The van der Waals surface area contributed by atoms with E-state index in [1.807, 2.05) is 37.3 Å². The predicted octanol–water partition coefficient (Wildman–Crippen LogP) is 5.21. The number of amides is 1. The maximum Gasteiger partial charge on any atom is 0.255 e. The van der Waals surface area contributed by atoms with Gasteiger partial charge in [0.25, 0.3) is 5.91 Å². The van der Waals surface area contributed by atoms with Gasteiger partial charge in [0.1, 0.15) is 11.6 Å². The molecule has 1 N–H and O–H groups in total. The summed E-state index contributed by atoms with van der Waals surface area (Å²) in [6.07, 6.45) is 3.98. The summed E-state index contributed by atoms with van der Waals surface area (Å²) in [6.45, 7) is 1.91. The lowest BCUT2D eigenvalue weighted by molar-refractivity contribution is -0.134. The van der Waals surface area contributed by atoms with Crippen LogP contribution >= 0.6 is 0 Å². The van der Waals surface area contributed by atoms with Crippen LogP contribution < -0.4 is 19.8 Å². The molecule has 4 rings (SSSR count). The van der Waals surface area contributed by atoms with E-state index >= 15 is 0 Å². The van der Waals surface area contributed by atoms with Gasteiger partial charge in [-0.05, 0) is 55.2 Å². The number of carbonyl (C=O) groups is 1. The van der Waals surface area contributed by atoms with E-state index in [1.54, 1.807) is 13.2 Å². The first-order chi connectivity index (χ1) is 15.0. The molecule has 1 amide bonds. The van der Waals surface area contributed by atoms with Gasteiger partial charge in [0.15, 0.2) is 11.5 Å². The van der Waals surface area contributed by atoms with Gasteiger partial charge < -0.3 is 14.3 Å². The summed E-state index contributed by atoms with van der Waals surface area (Å²) in [5.41, 5.74) is 5.11. The molecule has 6 nitrogen and oxygen atoms in total. The van der Waals surface area contributed by atoms with E-state index in [9.17, 15) is 9.18 Å². The van der Waals surface area contributed by atoms with Gasteiger partial charge in [0, 0.05) is 17.5 Å². The third kappa shape index (κ3) is 4.60. The van der Waals surface area contributed by atoms with Crippen LogP contribution in [0.15, 0.2) is 54.7 Å². The van der Waals surface area contributed by atoms with Gasteiger partial charge in [-0.1, -0.05) is 24.6 Å². The molecule has 0 bridgehead atoms.